The predicted octanol–water partition coefficient (Wildman–Crippen LogP) is 2.61. The second kappa shape index (κ2) is 3.66. The van der Waals surface area contributed by atoms with Crippen molar-refractivity contribution in [2.45, 2.75) is 25.7 Å². The lowest BCUT2D eigenvalue weighted by atomic mass is 10.4. The Morgan fingerprint density at radius 1 is 1.38 bits per heavy atom. The highest BCUT2D eigenvalue weighted by molar-refractivity contribution is 9.10. The highest BCUT2D eigenvalue weighted by Gasteiger charge is 2.27. The Kier molecular flexibility index (Phi) is 2.28. The Balaban J connectivity index is 2.10. The molecular formula is C11H11BrN4. The molecule has 4 nitrogen and oxygen atoms in total. The van der Waals surface area contributed by atoms with E-state index in [1.54, 1.807) is 6.20 Å². The molecule has 0 unspecified atom stereocenters. The molecule has 82 valence electrons. The molecule has 0 radical (unpaired) electrons. The average molecular weight is 279 g/mol. The van der Waals surface area contributed by atoms with Gasteiger partial charge in [-0.25, -0.2) is 15.0 Å². The van der Waals surface area contributed by atoms with E-state index in [2.05, 4.69) is 30.9 Å². The highest BCUT2D eigenvalue weighted by Crippen LogP contribution is 2.38. The lowest BCUT2D eigenvalue weighted by Gasteiger charge is -2.06. The van der Waals surface area contributed by atoms with Gasteiger partial charge in [0.15, 0.2) is 0 Å². The van der Waals surface area contributed by atoms with Crippen LogP contribution in [0.1, 0.15) is 30.4 Å². The van der Waals surface area contributed by atoms with Crippen molar-refractivity contribution < 1.29 is 0 Å². The van der Waals surface area contributed by atoms with Gasteiger partial charge in [0.25, 0.3) is 0 Å². The van der Waals surface area contributed by atoms with E-state index in [-0.39, 0.29) is 0 Å². The minimum Gasteiger partial charge on any atom is -0.288 e. The summed E-state index contributed by atoms with van der Waals surface area (Å²) < 4.78 is 2.81. The molecule has 1 aliphatic carbocycles. The molecule has 0 atom stereocenters. The minimum absolute atomic E-state index is 0.556. The lowest BCUT2D eigenvalue weighted by Crippen LogP contribution is -2.03. The smallest absolute Gasteiger partial charge is 0.142 e. The van der Waals surface area contributed by atoms with Crippen molar-refractivity contribution in [3.05, 3.63) is 34.7 Å². The Morgan fingerprint density at radius 2 is 2.19 bits per heavy atom. The average Bonchev–Trinajstić information content (AvgIpc) is 3.01. The van der Waals surface area contributed by atoms with Crippen LogP contribution in [0.2, 0.25) is 0 Å². The zero-order chi connectivity index (χ0) is 11.1. The molecule has 0 N–H and O–H groups in total. The number of hydrogen-bond acceptors (Lipinski definition) is 3. The molecule has 2 aromatic rings. The summed E-state index contributed by atoms with van der Waals surface area (Å²) in [6.07, 6.45) is 6.11. The Hall–Kier alpha value is -1.23. The fourth-order valence-corrected chi connectivity index (χ4v) is 2.08. The van der Waals surface area contributed by atoms with Crippen molar-refractivity contribution in [1.82, 2.24) is 19.5 Å². The van der Waals surface area contributed by atoms with Gasteiger partial charge in [0.2, 0.25) is 0 Å². The van der Waals surface area contributed by atoms with Crippen LogP contribution in [0.4, 0.5) is 0 Å². The predicted molar refractivity (Wildman–Crippen MR) is 63.6 cm³/mol. The van der Waals surface area contributed by atoms with Crippen molar-refractivity contribution in [2.75, 3.05) is 0 Å². The standard InChI is InChI=1S/C11H11BrN4/c1-7-13-4-5-16(7)10-6-9(12)14-11(15-10)8-2-3-8/h4-6,8H,2-3H2,1H3. The molecular weight excluding hydrogens is 268 g/mol. The van der Waals surface area contributed by atoms with Crippen LogP contribution in [0.15, 0.2) is 23.1 Å². The highest BCUT2D eigenvalue weighted by atomic mass is 79.9. The van der Waals surface area contributed by atoms with Crippen molar-refractivity contribution in [3.63, 3.8) is 0 Å². The second-order valence-electron chi connectivity index (χ2n) is 4.03. The molecule has 0 aliphatic heterocycles. The van der Waals surface area contributed by atoms with E-state index in [0.717, 1.165) is 22.1 Å². The maximum absolute atomic E-state index is 4.58. The van der Waals surface area contributed by atoms with Gasteiger partial charge in [0.05, 0.1) is 0 Å². The third-order valence-electron chi connectivity index (χ3n) is 2.71. The number of nitrogens with zero attached hydrogens (tertiary/aromatic N) is 4. The van der Waals surface area contributed by atoms with Crippen LogP contribution in [0, 0.1) is 6.92 Å². The van der Waals surface area contributed by atoms with Crippen LogP contribution < -0.4 is 0 Å². The summed E-state index contributed by atoms with van der Waals surface area (Å²) in [4.78, 5) is 13.2. The zero-order valence-electron chi connectivity index (χ0n) is 8.89. The first kappa shape index (κ1) is 9.96. The summed E-state index contributed by atoms with van der Waals surface area (Å²) in [7, 11) is 0. The van der Waals surface area contributed by atoms with Gasteiger partial charge in [0, 0.05) is 24.4 Å². The number of hydrogen-bond donors (Lipinski definition) is 0. The van der Waals surface area contributed by atoms with Crippen LogP contribution in [0.5, 0.6) is 0 Å². The summed E-state index contributed by atoms with van der Waals surface area (Å²) in [6.45, 7) is 1.97. The Labute approximate surface area is 102 Å². The Bertz CT molecular complexity index is 531. The van der Waals surface area contributed by atoms with Gasteiger partial charge in [-0.3, -0.25) is 4.57 Å². The van der Waals surface area contributed by atoms with Gasteiger partial charge in [-0.1, -0.05) is 0 Å². The third kappa shape index (κ3) is 1.75. The molecule has 2 aromatic heterocycles. The van der Waals surface area contributed by atoms with Gasteiger partial charge in [-0.05, 0) is 35.7 Å². The number of halogens is 1. The number of imidazole rings is 1. The molecule has 0 spiro atoms. The molecule has 16 heavy (non-hydrogen) atoms. The first-order valence-electron chi connectivity index (χ1n) is 5.29. The maximum Gasteiger partial charge on any atom is 0.142 e. The van der Waals surface area contributed by atoms with Crippen LogP contribution in [0.25, 0.3) is 5.82 Å². The van der Waals surface area contributed by atoms with E-state index in [1.165, 1.54) is 12.8 Å². The van der Waals surface area contributed by atoms with E-state index in [4.69, 9.17) is 0 Å². The molecule has 2 heterocycles. The van der Waals surface area contributed by atoms with Gasteiger partial charge >= 0.3 is 0 Å². The summed E-state index contributed by atoms with van der Waals surface area (Å²) >= 11 is 3.43. The van der Waals surface area contributed by atoms with Gasteiger partial charge in [0.1, 0.15) is 22.1 Å². The molecule has 0 bridgehead atoms. The summed E-state index contributed by atoms with van der Waals surface area (Å²) in [5.74, 6) is 3.32. The number of aryl methyl sites for hydroxylation is 1. The summed E-state index contributed by atoms with van der Waals surface area (Å²) in [5.41, 5.74) is 0. The molecule has 0 amide bonds. The SMILES string of the molecule is Cc1nccn1-c1cc(Br)nc(C2CC2)n1. The largest absolute Gasteiger partial charge is 0.288 e. The molecule has 0 saturated heterocycles. The number of aromatic nitrogens is 4. The molecule has 5 heteroatoms. The molecule has 1 fully saturated rings. The fourth-order valence-electron chi connectivity index (χ4n) is 1.69. The zero-order valence-corrected chi connectivity index (χ0v) is 10.5. The molecule has 0 aromatic carbocycles. The van der Waals surface area contributed by atoms with Crippen molar-refractivity contribution in [2.24, 2.45) is 0 Å². The molecule has 1 aliphatic rings. The van der Waals surface area contributed by atoms with Crippen LogP contribution in [-0.2, 0) is 0 Å². The van der Waals surface area contributed by atoms with Gasteiger partial charge < -0.3 is 0 Å². The number of rotatable bonds is 2. The van der Waals surface area contributed by atoms with Crippen LogP contribution in [-0.4, -0.2) is 19.5 Å². The molecule has 3 rings (SSSR count). The Morgan fingerprint density at radius 3 is 2.81 bits per heavy atom. The summed E-state index contributed by atoms with van der Waals surface area (Å²) in [6, 6.07) is 1.92. The summed E-state index contributed by atoms with van der Waals surface area (Å²) in [5, 5.41) is 0. The maximum atomic E-state index is 4.58. The van der Waals surface area contributed by atoms with Crippen LogP contribution in [0.3, 0.4) is 0 Å². The van der Waals surface area contributed by atoms with E-state index < -0.39 is 0 Å². The van der Waals surface area contributed by atoms with Crippen LogP contribution >= 0.6 is 15.9 Å². The third-order valence-corrected chi connectivity index (χ3v) is 3.12. The van der Waals surface area contributed by atoms with Gasteiger partial charge in [-0.2, -0.15) is 0 Å². The first-order chi connectivity index (χ1) is 7.74. The molecule has 1 saturated carbocycles. The first-order valence-corrected chi connectivity index (χ1v) is 6.08. The normalized spacial score (nSPS) is 15.4. The van der Waals surface area contributed by atoms with E-state index in [0.29, 0.717) is 5.92 Å². The van der Waals surface area contributed by atoms with E-state index >= 15 is 0 Å². The second-order valence-corrected chi connectivity index (χ2v) is 4.84. The van der Waals surface area contributed by atoms with E-state index in [9.17, 15) is 0 Å². The van der Waals surface area contributed by atoms with E-state index in [1.807, 2.05) is 23.8 Å². The van der Waals surface area contributed by atoms with Crippen molar-refractivity contribution in [3.8, 4) is 5.82 Å². The fraction of sp³-hybridized carbons (Fsp3) is 0.364. The van der Waals surface area contributed by atoms with Gasteiger partial charge in [-0.15, -0.1) is 0 Å². The monoisotopic (exact) mass is 278 g/mol. The topological polar surface area (TPSA) is 43.6 Å². The minimum atomic E-state index is 0.556. The lowest BCUT2D eigenvalue weighted by molar-refractivity contribution is 0.852. The van der Waals surface area contributed by atoms with Crippen molar-refractivity contribution >= 4 is 15.9 Å². The quantitative estimate of drug-likeness (QED) is 0.794. The van der Waals surface area contributed by atoms with Crippen molar-refractivity contribution in [1.29, 1.82) is 0 Å².